The minimum atomic E-state index is -0.632. The molecule has 0 aromatic heterocycles. The molecule has 0 amide bonds. The molecule has 0 saturated carbocycles. The van der Waals surface area contributed by atoms with Crippen molar-refractivity contribution in [3.05, 3.63) is 12.7 Å². The SMILES string of the molecule is C=CC[C@@H]1OC(C)(C)O[C@@H]1COC(=O)C(C)(C)C. The first-order valence-electron chi connectivity index (χ1n) is 6.29. The third kappa shape index (κ3) is 4.10. The molecular weight excluding hydrogens is 232 g/mol. The second kappa shape index (κ2) is 5.41. The van der Waals surface area contributed by atoms with Gasteiger partial charge in [-0.2, -0.15) is 0 Å². The van der Waals surface area contributed by atoms with Crippen molar-refractivity contribution in [2.24, 2.45) is 5.41 Å². The van der Waals surface area contributed by atoms with Crippen LogP contribution in [0.15, 0.2) is 12.7 Å². The van der Waals surface area contributed by atoms with Gasteiger partial charge in [-0.1, -0.05) is 6.08 Å². The highest BCUT2D eigenvalue weighted by Crippen LogP contribution is 2.30. The first-order chi connectivity index (χ1) is 8.15. The van der Waals surface area contributed by atoms with Crippen LogP contribution in [0.25, 0.3) is 0 Å². The van der Waals surface area contributed by atoms with E-state index in [0.717, 1.165) is 0 Å². The van der Waals surface area contributed by atoms with Gasteiger partial charge in [0.1, 0.15) is 12.7 Å². The van der Waals surface area contributed by atoms with Crippen LogP contribution in [-0.4, -0.2) is 30.6 Å². The predicted molar refractivity (Wildman–Crippen MR) is 69.1 cm³/mol. The van der Waals surface area contributed by atoms with Crippen LogP contribution in [0.3, 0.4) is 0 Å². The van der Waals surface area contributed by atoms with Gasteiger partial charge >= 0.3 is 5.97 Å². The summed E-state index contributed by atoms with van der Waals surface area (Å²) in [4.78, 5) is 11.7. The fourth-order valence-electron chi connectivity index (χ4n) is 1.79. The van der Waals surface area contributed by atoms with Crippen molar-refractivity contribution in [3.8, 4) is 0 Å². The molecule has 4 heteroatoms. The second-order valence-electron chi connectivity index (χ2n) is 6.09. The van der Waals surface area contributed by atoms with E-state index in [1.54, 1.807) is 6.08 Å². The number of ether oxygens (including phenoxy) is 3. The average molecular weight is 256 g/mol. The molecule has 0 aromatic carbocycles. The summed E-state index contributed by atoms with van der Waals surface area (Å²) >= 11 is 0. The normalized spacial score (nSPS) is 26.9. The van der Waals surface area contributed by atoms with Gasteiger partial charge in [0.15, 0.2) is 5.79 Å². The van der Waals surface area contributed by atoms with E-state index in [1.807, 2.05) is 34.6 Å². The number of hydrogen-bond donors (Lipinski definition) is 0. The number of carbonyl (C=O) groups is 1. The summed E-state index contributed by atoms with van der Waals surface area (Å²) in [6.07, 6.45) is 2.13. The summed E-state index contributed by atoms with van der Waals surface area (Å²) in [7, 11) is 0. The zero-order valence-corrected chi connectivity index (χ0v) is 12.0. The lowest BCUT2D eigenvalue weighted by atomic mass is 9.97. The van der Waals surface area contributed by atoms with E-state index in [0.29, 0.717) is 6.42 Å². The van der Waals surface area contributed by atoms with E-state index in [2.05, 4.69) is 6.58 Å². The Morgan fingerprint density at radius 1 is 1.33 bits per heavy atom. The van der Waals surface area contributed by atoms with E-state index in [-0.39, 0.29) is 24.8 Å². The van der Waals surface area contributed by atoms with Crippen molar-refractivity contribution in [2.75, 3.05) is 6.61 Å². The molecule has 0 spiro atoms. The summed E-state index contributed by atoms with van der Waals surface area (Å²) in [5, 5.41) is 0. The Kier molecular flexibility index (Phi) is 4.56. The van der Waals surface area contributed by atoms with Crippen LogP contribution in [0.2, 0.25) is 0 Å². The van der Waals surface area contributed by atoms with Gasteiger partial charge < -0.3 is 14.2 Å². The molecule has 0 aromatic rings. The second-order valence-corrected chi connectivity index (χ2v) is 6.09. The van der Waals surface area contributed by atoms with Crippen LogP contribution in [0, 0.1) is 5.41 Å². The highest BCUT2D eigenvalue weighted by atomic mass is 16.8. The molecule has 1 fully saturated rings. The lowest BCUT2D eigenvalue weighted by Crippen LogP contribution is -2.32. The summed E-state index contributed by atoms with van der Waals surface area (Å²) in [6.45, 7) is 13.1. The smallest absolute Gasteiger partial charge is 0.311 e. The van der Waals surface area contributed by atoms with Crippen LogP contribution in [-0.2, 0) is 19.0 Å². The van der Waals surface area contributed by atoms with E-state index in [1.165, 1.54) is 0 Å². The van der Waals surface area contributed by atoms with Gasteiger partial charge in [-0.3, -0.25) is 4.79 Å². The van der Waals surface area contributed by atoms with Crippen molar-refractivity contribution >= 4 is 5.97 Å². The molecule has 0 N–H and O–H groups in total. The Morgan fingerprint density at radius 2 is 1.89 bits per heavy atom. The lowest BCUT2D eigenvalue weighted by Gasteiger charge is -2.20. The molecule has 1 saturated heterocycles. The van der Waals surface area contributed by atoms with Crippen LogP contribution >= 0.6 is 0 Å². The van der Waals surface area contributed by atoms with Gasteiger partial charge in [0.25, 0.3) is 0 Å². The molecule has 0 aliphatic carbocycles. The molecule has 1 aliphatic heterocycles. The maximum Gasteiger partial charge on any atom is 0.311 e. The average Bonchev–Trinajstić information content (AvgIpc) is 2.49. The largest absolute Gasteiger partial charge is 0.462 e. The third-order valence-corrected chi connectivity index (χ3v) is 2.68. The summed E-state index contributed by atoms with van der Waals surface area (Å²) in [5.74, 6) is -0.861. The van der Waals surface area contributed by atoms with Crippen molar-refractivity contribution in [1.29, 1.82) is 0 Å². The minimum Gasteiger partial charge on any atom is -0.462 e. The molecule has 1 rings (SSSR count). The molecule has 18 heavy (non-hydrogen) atoms. The maximum atomic E-state index is 11.7. The molecule has 4 nitrogen and oxygen atoms in total. The van der Waals surface area contributed by atoms with E-state index in [9.17, 15) is 4.79 Å². The van der Waals surface area contributed by atoms with Gasteiger partial charge in [0.2, 0.25) is 0 Å². The number of rotatable bonds is 4. The first-order valence-corrected chi connectivity index (χ1v) is 6.29. The fourth-order valence-corrected chi connectivity index (χ4v) is 1.79. The highest BCUT2D eigenvalue weighted by Gasteiger charge is 2.41. The van der Waals surface area contributed by atoms with Crippen LogP contribution in [0.4, 0.5) is 0 Å². The highest BCUT2D eigenvalue weighted by molar-refractivity contribution is 5.75. The molecule has 0 bridgehead atoms. The lowest BCUT2D eigenvalue weighted by molar-refractivity contribution is -0.165. The Balaban J connectivity index is 2.55. The Hall–Kier alpha value is -0.870. The van der Waals surface area contributed by atoms with Gasteiger partial charge in [-0.05, 0) is 41.0 Å². The number of carbonyl (C=O) groups excluding carboxylic acids is 1. The predicted octanol–water partition coefficient (Wildman–Crippen LogP) is 2.67. The van der Waals surface area contributed by atoms with Gasteiger partial charge in [-0.15, -0.1) is 6.58 Å². The molecular formula is C14H24O4. The van der Waals surface area contributed by atoms with Gasteiger partial charge in [0.05, 0.1) is 11.5 Å². The molecule has 0 unspecified atom stereocenters. The van der Waals surface area contributed by atoms with Crippen LogP contribution in [0.5, 0.6) is 0 Å². The molecule has 1 aliphatic rings. The van der Waals surface area contributed by atoms with E-state index in [4.69, 9.17) is 14.2 Å². The first kappa shape index (κ1) is 15.2. The third-order valence-electron chi connectivity index (χ3n) is 2.68. The number of esters is 1. The number of hydrogen-bond acceptors (Lipinski definition) is 4. The molecule has 1 heterocycles. The topological polar surface area (TPSA) is 44.8 Å². The van der Waals surface area contributed by atoms with Crippen LogP contribution in [0.1, 0.15) is 41.0 Å². The monoisotopic (exact) mass is 256 g/mol. The molecule has 2 atom stereocenters. The zero-order valence-electron chi connectivity index (χ0n) is 12.0. The standard InChI is InChI=1S/C14H24O4/c1-7-8-10-11(18-14(5,6)17-10)9-16-12(15)13(2,3)4/h7,10-11H,1,8-9H2,2-6H3/t10-,11+/m0/s1. The molecule has 104 valence electrons. The molecule has 0 radical (unpaired) electrons. The van der Waals surface area contributed by atoms with E-state index >= 15 is 0 Å². The fraction of sp³-hybridized carbons (Fsp3) is 0.786. The van der Waals surface area contributed by atoms with Crippen molar-refractivity contribution in [3.63, 3.8) is 0 Å². The summed E-state index contributed by atoms with van der Waals surface area (Å²) in [5.41, 5.74) is -0.497. The van der Waals surface area contributed by atoms with Gasteiger partial charge in [-0.25, -0.2) is 0 Å². The van der Waals surface area contributed by atoms with Gasteiger partial charge in [0, 0.05) is 0 Å². The summed E-state index contributed by atoms with van der Waals surface area (Å²) < 4.78 is 16.7. The Labute approximate surface area is 109 Å². The quantitative estimate of drug-likeness (QED) is 0.573. The summed E-state index contributed by atoms with van der Waals surface area (Å²) in [6, 6.07) is 0. The minimum absolute atomic E-state index is 0.106. The Bertz CT molecular complexity index is 314. The van der Waals surface area contributed by atoms with Crippen molar-refractivity contribution < 1.29 is 19.0 Å². The maximum absolute atomic E-state index is 11.7. The van der Waals surface area contributed by atoms with Crippen molar-refractivity contribution in [1.82, 2.24) is 0 Å². The van der Waals surface area contributed by atoms with Crippen molar-refractivity contribution in [2.45, 2.75) is 59.0 Å². The Morgan fingerprint density at radius 3 is 2.39 bits per heavy atom. The van der Waals surface area contributed by atoms with E-state index < -0.39 is 11.2 Å². The van der Waals surface area contributed by atoms with Crippen LogP contribution < -0.4 is 0 Å². The zero-order chi connectivity index (χ0) is 14.0.